The minimum Gasteiger partial charge on any atom is -0.393 e. The Morgan fingerprint density at radius 1 is 1.23 bits per heavy atom. The molecule has 136 valence electrons. The SMILES string of the molecule is O=C(N[C@@H](Cc1ccccn1)C1CC(O)C1)C1(c2ccccc2F)CC1. The van der Waals surface area contributed by atoms with E-state index in [2.05, 4.69) is 10.3 Å². The number of carbonyl (C=O) groups is 1. The average molecular weight is 354 g/mol. The number of benzene rings is 1. The number of carbonyl (C=O) groups excluding carboxylic acids is 1. The Balaban J connectivity index is 1.52. The molecule has 1 aromatic carbocycles. The summed E-state index contributed by atoms with van der Waals surface area (Å²) in [5.74, 6) is -0.196. The molecule has 26 heavy (non-hydrogen) atoms. The first-order chi connectivity index (χ1) is 12.6. The number of hydrogen-bond donors (Lipinski definition) is 2. The van der Waals surface area contributed by atoms with Gasteiger partial charge < -0.3 is 10.4 Å². The third kappa shape index (κ3) is 3.23. The fraction of sp³-hybridized carbons (Fsp3) is 0.429. The number of hydrogen-bond acceptors (Lipinski definition) is 3. The molecule has 0 aliphatic heterocycles. The molecule has 5 heteroatoms. The molecule has 4 rings (SSSR count). The predicted octanol–water partition coefficient (Wildman–Crippen LogP) is 2.75. The lowest BCUT2D eigenvalue weighted by atomic mass is 9.75. The van der Waals surface area contributed by atoms with Gasteiger partial charge in [0.2, 0.25) is 5.91 Å². The topological polar surface area (TPSA) is 62.2 Å². The van der Waals surface area contributed by atoms with E-state index in [0.717, 1.165) is 5.69 Å². The number of rotatable bonds is 6. The number of nitrogens with zero attached hydrogens (tertiary/aromatic N) is 1. The van der Waals surface area contributed by atoms with Crippen molar-refractivity contribution in [3.8, 4) is 0 Å². The van der Waals surface area contributed by atoms with Crippen LogP contribution in [0.4, 0.5) is 4.39 Å². The first-order valence-corrected chi connectivity index (χ1v) is 9.22. The van der Waals surface area contributed by atoms with Crippen LogP contribution in [0.25, 0.3) is 0 Å². The highest BCUT2D eigenvalue weighted by Crippen LogP contribution is 2.49. The van der Waals surface area contributed by atoms with Crippen molar-refractivity contribution in [3.05, 3.63) is 65.7 Å². The summed E-state index contributed by atoms with van der Waals surface area (Å²) in [7, 11) is 0. The summed E-state index contributed by atoms with van der Waals surface area (Å²) >= 11 is 0. The van der Waals surface area contributed by atoms with Crippen LogP contribution in [0.15, 0.2) is 48.7 Å². The quantitative estimate of drug-likeness (QED) is 0.838. The van der Waals surface area contributed by atoms with Crippen LogP contribution in [0.1, 0.15) is 36.9 Å². The Labute approximate surface area is 152 Å². The summed E-state index contributed by atoms with van der Waals surface area (Å²) in [6.07, 6.45) is 4.79. The maximum absolute atomic E-state index is 14.2. The normalized spacial score (nSPS) is 24.4. The third-order valence-corrected chi connectivity index (χ3v) is 5.76. The Morgan fingerprint density at radius 3 is 2.58 bits per heavy atom. The highest BCUT2D eigenvalue weighted by Gasteiger charge is 2.53. The summed E-state index contributed by atoms with van der Waals surface area (Å²) in [6, 6.07) is 12.2. The number of nitrogens with one attached hydrogen (secondary N) is 1. The van der Waals surface area contributed by atoms with E-state index in [1.54, 1.807) is 24.4 Å². The van der Waals surface area contributed by atoms with E-state index in [1.807, 2.05) is 18.2 Å². The van der Waals surface area contributed by atoms with Gasteiger partial charge in [0.15, 0.2) is 0 Å². The van der Waals surface area contributed by atoms with Crippen LogP contribution in [0.3, 0.4) is 0 Å². The van der Waals surface area contributed by atoms with Crippen molar-refractivity contribution >= 4 is 5.91 Å². The van der Waals surface area contributed by atoms with Crippen LogP contribution in [-0.4, -0.2) is 28.1 Å². The summed E-state index contributed by atoms with van der Waals surface area (Å²) in [4.78, 5) is 17.4. The van der Waals surface area contributed by atoms with Crippen molar-refractivity contribution < 1.29 is 14.3 Å². The van der Waals surface area contributed by atoms with E-state index in [1.165, 1.54) is 6.07 Å². The van der Waals surface area contributed by atoms with E-state index >= 15 is 0 Å². The highest BCUT2D eigenvalue weighted by molar-refractivity contribution is 5.91. The maximum Gasteiger partial charge on any atom is 0.231 e. The molecule has 2 N–H and O–H groups in total. The minimum atomic E-state index is -0.740. The zero-order valence-corrected chi connectivity index (χ0v) is 14.6. The lowest BCUT2D eigenvalue weighted by Crippen LogP contribution is -2.51. The van der Waals surface area contributed by atoms with Gasteiger partial charge in [-0.25, -0.2) is 4.39 Å². The molecular weight excluding hydrogens is 331 g/mol. The minimum absolute atomic E-state index is 0.0925. The second-order valence-electron chi connectivity index (χ2n) is 7.55. The number of aliphatic hydroxyl groups excluding tert-OH is 1. The molecule has 0 saturated heterocycles. The molecule has 2 aliphatic carbocycles. The van der Waals surface area contributed by atoms with E-state index in [0.29, 0.717) is 37.7 Å². The second kappa shape index (κ2) is 6.80. The van der Waals surface area contributed by atoms with Gasteiger partial charge in [0.25, 0.3) is 0 Å². The first kappa shape index (κ1) is 17.2. The van der Waals surface area contributed by atoms with Gasteiger partial charge in [0.05, 0.1) is 11.5 Å². The summed E-state index contributed by atoms with van der Waals surface area (Å²) in [5.41, 5.74) is 0.661. The molecular formula is C21H23FN2O2. The number of aliphatic hydroxyl groups is 1. The molecule has 1 aromatic heterocycles. The van der Waals surface area contributed by atoms with Crippen molar-refractivity contribution in [3.63, 3.8) is 0 Å². The average Bonchev–Trinajstić information content (AvgIpc) is 3.41. The molecule has 2 fully saturated rings. The Kier molecular flexibility index (Phi) is 4.49. The molecule has 0 bridgehead atoms. The summed E-state index contributed by atoms with van der Waals surface area (Å²) < 4.78 is 14.2. The lowest BCUT2D eigenvalue weighted by molar-refractivity contribution is -0.125. The monoisotopic (exact) mass is 354 g/mol. The van der Waals surface area contributed by atoms with Gasteiger partial charge in [-0.15, -0.1) is 0 Å². The molecule has 2 saturated carbocycles. The van der Waals surface area contributed by atoms with Crippen LogP contribution in [0.5, 0.6) is 0 Å². The second-order valence-corrected chi connectivity index (χ2v) is 7.55. The molecule has 0 spiro atoms. The Bertz CT molecular complexity index is 786. The van der Waals surface area contributed by atoms with Crippen LogP contribution >= 0.6 is 0 Å². The summed E-state index contributed by atoms with van der Waals surface area (Å²) in [6.45, 7) is 0. The van der Waals surface area contributed by atoms with E-state index in [9.17, 15) is 14.3 Å². The van der Waals surface area contributed by atoms with Gasteiger partial charge in [0.1, 0.15) is 5.82 Å². The maximum atomic E-state index is 14.2. The predicted molar refractivity (Wildman–Crippen MR) is 95.9 cm³/mol. The van der Waals surface area contributed by atoms with Crippen molar-refractivity contribution in [2.24, 2.45) is 5.92 Å². The molecule has 1 atom stereocenters. The molecule has 2 aromatic rings. The largest absolute Gasteiger partial charge is 0.393 e. The smallest absolute Gasteiger partial charge is 0.231 e. The van der Waals surface area contributed by atoms with Crippen LogP contribution in [0, 0.1) is 11.7 Å². The van der Waals surface area contributed by atoms with Crippen molar-refractivity contribution in [1.29, 1.82) is 0 Å². The van der Waals surface area contributed by atoms with Crippen molar-refractivity contribution in [2.45, 2.75) is 49.7 Å². The van der Waals surface area contributed by atoms with E-state index in [4.69, 9.17) is 0 Å². The van der Waals surface area contributed by atoms with Crippen LogP contribution < -0.4 is 5.32 Å². The van der Waals surface area contributed by atoms with Crippen molar-refractivity contribution in [2.75, 3.05) is 0 Å². The van der Waals surface area contributed by atoms with Crippen molar-refractivity contribution in [1.82, 2.24) is 10.3 Å². The first-order valence-electron chi connectivity index (χ1n) is 9.22. The van der Waals surface area contributed by atoms with Crippen LogP contribution in [0.2, 0.25) is 0 Å². The molecule has 0 radical (unpaired) electrons. The summed E-state index contributed by atoms with van der Waals surface area (Å²) in [5, 5.41) is 12.8. The molecule has 2 aliphatic rings. The zero-order chi connectivity index (χ0) is 18.1. The standard InChI is InChI=1S/C21H23FN2O2/c22-18-7-2-1-6-17(18)21(8-9-21)20(26)24-19(14-11-16(25)12-14)13-15-5-3-4-10-23-15/h1-7,10,14,16,19,25H,8-9,11-13H2,(H,24,26)/t14?,16?,19-/m0/s1. The lowest BCUT2D eigenvalue weighted by Gasteiger charge is -2.38. The molecule has 4 nitrogen and oxygen atoms in total. The van der Waals surface area contributed by atoms with Gasteiger partial charge in [-0.2, -0.15) is 0 Å². The zero-order valence-electron chi connectivity index (χ0n) is 14.6. The third-order valence-electron chi connectivity index (χ3n) is 5.76. The highest BCUT2D eigenvalue weighted by atomic mass is 19.1. The fourth-order valence-corrected chi connectivity index (χ4v) is 3.94. The van der Waals surface area contributed by atoms with Gasteiger partial charge in [-0.1, -0.05) is 24.3 Å². The van der Waals surface area contributed by atoms with E-state index < -0.39 is 5.41 Å². The number of aromatic nitrogens is 1. The molecule has 1 heterocycles. The Morgan fingerprint density at radius 2 is 1.96 bits per heavy atom. The fourth-order valence-electron chi connectivity index (χ4n) is 3.94. The van der Waals surface area contributed by atoms with Gasteiger partial charge in [-0.05, 0) is 49.8 Å². The number of amides is 1. The van der Waals surface area contributed by atoms with E-state index in [-0.39, 0.29) is 29.8 Å². The van der Waals surface area contributed by atoms with Gasteiger partial charge in [-0.3, -0.25) is 9.78 Å². The molecule has 0 unspecified atom stereocenters. The number of pyridine rings is 1. The van der Waals surface area contributed by atoms with Gasteiger partial charge in [0, 0.05) is 29.9 Å². The molecule has 1 amide bonds. The van der Waals surface area contributed by atoms with Crippen LogP contribution in [-0.2, 0) is 16.6 Å². The Hall–Kier alpha value is -2.27. The number of halogens is 1. The van der Waals surface area contributed by atoms with Gasteiger partial charge >= 0.3 is 0 Å².